The van der Waals surface area contributed by atoms with Gasteiger partial charge in [-0.05, 0) is 36.7 Å². The lowest BCUT2D eigenvalue weighted by atomic mass is 10.0. The highest BCUT2D eigenvalue weighted by atomic mass is 79.9. The summed E-state index contributed by atoms with van der Waals surface area (Å²) in [5.74, 6) is 0.961. The van der Waals surface area contributed by atoms with Gasteiger partial charge in [0.25, 0.3) is 0 Å². The van der Waals surface area contributed by atoms with Gasteiger partial charge in [0.15, 0.2) is 0 Å². The predicted molar refractivity (Wildman–Crippen MR) is 81.5 cm³/mol. The third-order valence-electron chi connectivity index (χ3n) is 3.34. The Morgan fingerprint density at radius 3 is 2.68 bits per heavy atom. The molecule has 0 aliphatic carbocycles. The smallest absolute Gasteiger partial charge is 0.127 e. The van der Waals surface area contributed by atoms with Gasteiger partial charge in [-0.1, -0.05) is 46.3 Å². The Hall–Kier alpha value is -1.32. The maximum atomic E-state index is 6.13. The fourth-order valence-corrected chi connectivity index (χ4v) is 2.72. The van der Waals surface area contributed by atoms with E-state index in [1.54, 1.807) is 0 Å². The number of hydrogen-bond donors (Lipinski definition) is 1. The minimum absolute atomic E-state index is 0.281. The molecule has 1 aliphatic heterocycles. The summed E-state index contributed by atoms with van der Waals surface area (Å²) in [5, 5.41) is 3.33. The maximum absolute atomic E-state index is 6.13. The fraction of sp³-hybridized carbons (Fsp3) is 0.250. The van der Waals surface area contributed by atoms with E-state index in [-0.39, 0.29) is 6.10 Å². The first-order valence-electron chi connectivity index (χ1n) is 6.55. The van der Waals surface area contributed by atoms with Gasteiger partial charge in [-0.15, -0.1) is 0 Å². The van der Waals surface area contributed by atoms with Crippen molar-refractivity contribution in [2.75, 3.05) is 13.1 Å². The van der Waals surface area contributed by atoms with Crippen LogP contribution in [0.2, 0.25) is 0 Å². The molecule has 1 heterocycles. The van der Waals surface area contributed by atoms with Crippen LogP contribution in [0.4, 0.5) is 0 Å². The summed E-state index contributed by atoms with van der Waals surface area (Å²) < 4.78 is 7.20. The zero-order valence-corrected chi connectivity index (χ0v) is 12.2. The minimum Gasteiger partial charge on any atom is -0.488 e. The molecule has 0 radical (unpaired) electrons. The zero-order valence-electron chi connectivity index (χ0n) is 10.6. The molecule has 1 saturated heterocycles. The summed E-state index contributed by atoms with van der Waals surface area (Å²) in [5.41, 5.74) is 2.33. The van der Waals surface area contributed by atoms with E-state index in [0.717, 1.165) is 35.3 Å². The lowest BCUT2D eigenvalue weighted by molar-refractivity contribution is 0.224. The third-order valence-corrected chi connectivity index (χ3v) is 3.83. The Balaban J connectivity index is 1.94. The van der Waals surface area contributed by atoms with Gasteiger partial charge < -0.3 is 10.1 Å². The molecular weight excluding hydrogens is 302 g/mol. The van der Waals surface area contributed by atoms with Gasteiger partial charge in [0.1, 0.15) is 11.9 Å². The monoisotopic (exact) mass is 317 g/mol. The number of nitrogens with one attached hydrogen (secondary N) is 1. The number of benzene rings is 2. The average Bonchev–Trinajstić information content (AvgIpc) is 2.95. The average molecular weight is 318 g/mol. The van der Waals surface area contributed by atoms with E-state index in [9.17, 15) is 0 Å². The molecule has 1 aliphatic rings. The molecule has 1 N–H and O–H groups in total. The summed E-state index contributed by atoms with van der Waals surface area (Å²) in [6.07, 6.45) is 1.35. The molecule has 0 spiro atoms. The van der Waals surface area contributed by atoms with E-state index in [1.807, 2.05) is 18.2 Å². The fourth-order valence-electron chi connectivity index (χ4n) is 2.36. The molecule has 19 heavy (non-hydrogen) atoms. The number of ether oxygens (including phenoxy) is 1. The molecule has 1 atom stereocenters. The summed E-state index contributed by atoms with van der Waals surface area (Å²) in [6.45, 7) is 1.98. The first-order valence-corrected chi connectivity index (χ1v) is 7.34. The molecule has 1 fully saturated rings. The lowest BCUT2D eigenvalue weighted by Gasteiger charge is -2.16. The van der Waals surface area contributed by atoms with Crippen LogP contribution in [-0.4, -0.2) is 19.2 Å². The Labute approximate surface area is 121 Å². The molecule has 0 aromatic heterocycles. The van der Waals surface area contributed by atoms with Crippen molar-refractivity contribution >= 4 is 15.9 Å². The van der Waals surface area contributed by atoms with Gasteiger partial charge in [-0.3, -0.25) is 0 Å². The topological polar surface area (TPSA) is 21.3 Å². The van der Waals surface area contributed by atoms with Crippen LogP contribution in [-0.2, 0) is 0 Å². The second kappa shape index (κ2) is 5.76. The van der Waals surface area contributed by atoms with Crippen LogP contribution < -0.4 is 10.1 Å². The molecule has 0 saturated carbocycles. The summed E-state index contributed by atoms with van der Waals surface area (Å²) in [7, 11) is 0. The first-order chi connectivity index (χ1) is 9.33. The molecule has 98 valence electrons. The van der Waals surface area contributed by atoms with Crippen molar-refractivity contribution in [3.05, 3.63) is 53.0 Å². The maximum Gasteiger partial charge on any atom is 0.127 e. The molecular formula is C16H16BrNO. The molecule has 2 aromatic carbocycles. The van der Waals surface area contributed by atoms with Crippen molar-refractivity contribution < 1.29 is 4.74 Å². The van der Waals surface area contributed by atoms with Crippen LogP contribution in [0.3, 0.4) is 0 Å². The van der Waals surface area contributed by atoms with Crippen molar-refractivity contribution in [3.8, 4) is 16.9 Å². The van der Waals surface area contributed by atoms with Gasteiger partial charge in [-0.2, -0.15) is 0 Å². The van der Waals surface area contributed by atoms with Crippen LogP contribution in [0, 0.1) is 0 Å². The minimum atomic E-state index is 0.281. The highest BCUT2D eigenvalue weighted by Gasteiger charge is 2.18. The van der Waals surface area contributed by atoms with Crippen molar-refractivity contribution in [3.63, 3.8) is 0 Å². The summed E-state index contributed by atoms with van der Waals surface area (Å²) >= 11 is 3.54. The van der Waals surface area contributed by atoms with Crippen LogP contribution in [0.5, 0.6) is 5.75 Å². The van der Waals surface area contributed by atoms with Gasteiger partial charge in [0.2, 0.25) is 0 Å². The summed E-state index contributed by atoms with van der Waals surface area (Å²) in [6, 6.07) is 16.6. The highest BCUT2D eigenvalue weighted by molar-refractivity contribution is 9.10. The molecule has 2 nitrogen and oxygen atoms in total. The van der Waals surface area contributed by atoms with E-state index in [0.29, 0.717) is 0 Å². The number of halogens is 1. The highest BCUT2D eigenvalue weighted by Crippen LogP contribution is 2.33. The molecule has 0 amide bonds. The van der Waals surface area contributed by atoms with Crippen molar-refractivity contribution in [1.82, 2.24) is 5.32 Å². The standard InChI is InChI=1S/C16H16BrNO/c17-13-6-7-16(19-14-8-9-18-11-14)15(10-13)12-4-2-1-3-5-12/h1-7,10,14,18H,8-9,11H2/t14-/m1/s1. The SMILES string of the molecule is Brc1ccc(O[C@@H]2CCNC2)c(-c2ccccc2)c1. The van der Waals surface area contributed by atoms with Crippen molar-refractivity contribution in [2.45, 2.75) is 12.5 Å². The van der Waals surface area contributed by atoms with Crippen LogP contribution >= 0.6 is 15.9 Å². The van der Waals surface area contributed by atoms with E-state index in [1.165, 1.54) is 5.56 Å². The second-order valence-electron chi connectivity index (χ2n) is 4.74. The molecule has 3 rings (SSSR count). The normalized spacial score (nSPS) is 18.5. The van der Waals surface area contributed by atoms with Crippen LogP contribution in [0.1, 0.15) is 6.42 Å². The van der Waals surface area contributed by atoms with E-state index < -0.39 is 0 Å². The Morgan fingerprint density at radius 2 is 1.95 bits per heavy atom. The molecule has 0 unspecified atom stereocenters. The van der Waals surface area contributed by atoms with Crippen LogP contribution in [0.25, 0.3) is 11.1 Å². The van der Waals surface area contributed by atoms with Gasteiger partial charge in [-0.25, -0.2) is 0 Å². The van der Waals surface area contributed by atoms with Crippen molar-refractivity contribution in [2.24, 2.45) is 0 Å². The first kappa shape index (κ1) is 12.7. The quantitative estimate of drug-likeness (QED) is 0.928. The molecule has 3 heteroatoms. The van der Waals surface area contributed by atoms with Gasteiger partial charge in [0.05, 0.1) is 0 Å². The Bertz CT molecular complexity index is 550. The van der Waals surface area contributed by atoms with Crippen molar-refractivity contribution in [1.29, 1.82) is 0 Å². The molecule has 0 bridgehead atoms. The predicted octanol–water partition coefficient (Wildman–Crippen LogP) is 3.86. The molecule has 2 aromatic rings. The zero-order chi connectivity index (χ0) is 13.1. The second-order valence-corrected chi connectivity index (χ2v) is 5.65. The number of rotatable bonds is 3. The van der Waals surface area contributed by atoms with E-state index in [4.69, 9.17) is 4.74 Å². The Morgan fingerprint density at radius 1 is 1.11 bits per heavy atom. The van der Waals surface area contributed by atoms with Gasteiger partial charge in [0, 0.05) is 16.6 Å². The van der Waals surface area contributed by atoms with Crippen LogP contribution in [0.15, 0.2) is 53.0 Å². The summed E-state index contributed by atoms with van der Waals surface area (Å²) in [4.78, 5) is 0. The van der Waals surface area contributed by atoms with E-state index in [2.05, 4.69) is 51.6 Å². The number of hydrogen-bond acceptors (Lipinski definition) is 2. The Kier molecular flexibility index (Phi) is 3.85. The van der Waals surface area contributed by atoms with E-state index >= 15 is 0 Å². The van der Waals surface area contributed by atoms with Gasteiger partial charge >= 0.3 is 0 Å². The largest absolute Gasteiger partial charge is 0.488 e. The lowest BCUT2D eigenvalue weighted by Crippen LogP contribution is -2.19. The third kappa shape index (κ3) is 2.99.